The van der Waals surface area contributed by atoms with Crippen LogP contribution in [-0.4, -0.2) is 15.0 Å². The van der Waals surface area contributed by atoms with Gasteiger partial charge in [-0.05, 0) is 23.3 Å². The summed E-state index contributed by atoms with van der Waals surface area (Å²) in [6.45, 7) is 0. The summed E-state index contributed by atoms with van der Waals surface area (Å²) in [7, 11) is 0. The molecule has 190 valence electrons. The summed E-state index contributed by atoms with van der Waals surface area (Å²) in [5.41, 5.74) is 6.67. The van der Waals surface area contributed by atoms with Crippen LogP contribution in [0, 0.1) is 5.92 Å². The lowest BCUT2D eigenvalue weighted by molar-refractivity contribution is 0.669. The van der Waals surface area contributed by atoms with Crippen LogP contribution in [0.15, 0.2) is 126 Å². The van der Waals surface area contributed by atoms with E-state index in [1.54, 1.807) is 0 Å². The predicted molar refractivity (Wildman–Crippen MR) is 161 cm³/mol. The molecule has 0 saturated carbocycles. The molecule has 40 heavy (non-hydrogen) atoms. The Bertz CT molecular complexity index is 2040. The quantitative estimate of drug-likeness (QED) is 0.227. The smallest absolute Gasteiger partial charge is 0.164 e. The van der Waals surface area contributed by atoms with Crippen LogP contribution >= 0.6 is 11.6 Å². The molecule has 0 N–H and O–H groups in total. The summed E-state index contributed by atoms with van der Waals surface area (Å²) in [5.74, 6) is 2.33. The highest BCUT2D eigenvalue weighted by Crippen LogP contribution is 2.44. The van der Waals surface area contributed by atoms with Crippen LogP contribution in [0.5, 0.6) is 0 Å². The molecule has 2 atom stereocenters. The second-order valence-electron chi connectivity index (χ2n) is 10.1. The Labute approximate surface area is 236 Å². The molecule has 8 rings (SSSR count). The fourth-order valence-electron chi connectivity index (χ4n) is 5.94. The molecule has 2 aliphatic rings. The zero-order valence-corrected chi connectivity index (χ0v) is 22.1. The van der Waals surface area contributed by atoms with E-state index in [0.29, 0.717) is 34.0 Å². The minimum Gasteiger partial charge on any atom is -0.456 e. The molecule has 2 aromatic heterocycles. The van der Waals surface area contributed by atoms with Crippen molar-refractivity contribution in [3.8, 4) is 22.8 Å². The lowest BCUT2D eigenvalue weighted by Gasteiger charge is -2.30. The summed E-state index contributed by atoms with van der Waals surface area (Å²) >= 11 is 6.63. The molecule has 0 bridgehead atoms. The molecule has 0 spiro atoms. The Hall–Kier alpha value is -4.80. The van der Waals surface area contributed by atoms with Crippen molar-refractivity contribution in [1.29, 1.82) is 0 Å². The van der Waals surface area contributed by atoms with Gasteiger partial charge in [0, 0.05) is 50.4 Å². The Balaban J connectivity index is 1.42. The minimum atomic E-state index is 0.228. The van der Waals surface area contributed by atoms with Crippen LogP contribution in [0.1, 0.15) is 22.9 Å². The van der Waals surface area contributed by atoms with Gasteiger partial charge in [-0.3, -0.25) is 0 Å². The molecule has 5 heteroatoms. The number of allylic oxidation sites excluding steroid dienone is 5. The second-order valence-corrected chi connectivity index (χ2v) is 10.6. The molecule has 2 heterocycles. The second kappa shape index (κ2) is 9.15. The first-order valence-corrected chi connectivity index (χ1v) is 13.7. The van der Waals surface area contributed by atoms with E-state index in [9.17, 15) is 0 Å². The maximum Gasteiger partial charge on any atom is 0.164 e. The lowest BCUT2D eigenvalue weighted by atomic mass is 9.74. The number of halogens is 1. The van der Waals surface area contributed by atoms with Crippen molar-refractivity contribution in [2.75, 3.05) is 0 Å². The first-order chi connectivity index (χ1) is 19.7. The molecule has 0 aliphatic heterocycles. The monoisotopic (exact) mass is 535 g/mol. The summed E-state index contributed by atoms with van der Waals surface area (Å²) < 4.78 is 6.18. The number of nitrogens with zero attached hydrogens (tertiary/aromatic N) is 3. The van der Waals surface area contributed by atoms with Gasteiger partial charge in [0.05, 0.1) is 0 Å². The largest absolute Gasteiger partial charge is 0.456 e. The normalized spacial score (nSPS) is 17.6. The maximum absolute atomic E-state index is 6.63. The number of fused-ring (bicyclic) bond motifs is 6. The SMILES string of the molecule is Clc1cc(-c2nc(C3=CC4C=CC=CC4c4ccccc43)nc(-c3ccccc3)n2)c2c(c1)oc1ccccc12. The number of para-hydroxylation sites is 1. The van der Waals surface area contributed by atoms with E-state index in [4.69, 9.17) is 31.0 Å². The van der Waals surface area contributed by atoms with E-state index in [1.165, 1.54) is 5.56 Å². The average Bonchev–Trinajstić information content (AvgIpc) is 3.38. The maximum atomic E-state index is 6.63. The third kappa shape index (κ3) is 3.72. The molecule has 4 nitrogen and oxygen atoms in total. The molecular formula is C35H22ClN3O. The molecule has 2 aliphatic carbocycles. The standard InChI is InChI=1S/C35H22ClN3O/c36-23-19-29(32-27-16-8-9-17-30(27)40-31(32)20-23)35-38-33(21-10-2-1-3-11-21)37-34(39-35)28-18-22-12-4-5-13-24(22)25-14-6-7-15-26(25)28/h1-20,22,24H. The Morgan fingerprint density at radius 3 is 2.33 bits per heavy atom. The molecule has 4 aromatic carbocycles. The molecule has 6 aromatic rings. The molecule has 0 fully saturated rings. The molecule has 0 saturated heterocycles. The highest BCUT2D eigenvalue weighted by atomic mass is 35.5. The van der Waals surface area contributed by atoms with Gasteiger partial charge in [-0.1, -0.05) is 115 Å². The first kappa shape index (κ1) is 23.1. The van der Waals surface area contributed by atoms with Crippen LogP contribution in [0.2, 0.25) is 5.02 Å². The van der Waals surface area contributed by atoms with Gasteiger partial charge in [-0.2, -0.15) is 0 Å². The third-order valence-corrected chi connectivity index (χ3v) is 7.96. The third-order valence-electron chi connectivity index (χ3n) is 7.74. The first-order valence-electron chi connectivity index (χ1n) is 13.3. The number of rotatable bonds is 3. The number of hydrogen-bond acceptors (Lipinski definition) is 4. The van der Waals surface area contributed by atoms with Crippen molar-refractivity contribution in [3.63, 3.8) is 0 Å². The number of benzene rings is 4. The van der Waals surface area contributed by atoms with Crippen LogP contribution in [0.4, 0.5) is 0 Å². The Morgan fingerprint density at radius 1 is 0.650 bits per heavy atom. The van der Waals surface area contributed by atoms with Crippen LogP contribution in [-0.2, 0) is 0 Å². The van der Waals surface area contributed by atoms with Gasteiger partial charge in [0.15, 0.2) is 17.5 Å². The van der Waals surface area contributed by atoms with E-state index >= 15 is 0 Å². The van der Waals surface area contributed by atoms with Crippen molar-refractivity contribution in [3.05, 3.63) is 143 Å². The van der Waals surface area contributed by atoms with Crippen LogP contribution < -0.4 is 0 Å². The Kier molecular flexibility index (Phi) is 5.29. The molecule has 0 amide bonds. The minimum absolute atomic E-state index is 0.228. The highest BCUT2D eigenvalue weighted by molar-refractivity contribution is 6.32. The number of aromatic nitrogens is 3. The molecular weight excluding hydrogens is 514 g/mol. The van der Waals surface area contributed by atoms with Gasteiger partial charge >= 0.3 is 0 Å². The van der Waals surface area contributed by atoms with Crippen molar-refractivity contribution < 1.29 is 4.42 Å². The molecule has 2 unspecified atom stereocenters. The fraction of sp³-hybridized carbons (Fsp3) is 0.0571. The molecule has 0 radical (unpaired) electrons. The van der Waals surface area contributed by atoms with Gasteiger partial charge in [-0.15, -0.1) is 0 Å². The summed E-state index contributed by atoms with van der Waals surface area (Å²) in [5, 5.41) is 2.50. The summed E-state index contributed by atoms with van der Waals surface area (Å²) in [6, 6.07) is 30.4. The summed E-state index contributed by atoms with van der Waals surface area (Å²) in [6.07, 6.45) is 11.1. The topological polar surface area (TPSA) is 51.8 Å². The summed E-state index contributed by atoms with van der Waals surface area (Å²) in [4.78, 5) is 15.2. The van der Waals surface area contributed by atoms with Crippen LogP contribution in [0.25, 0.3) is 50.3 Å². The van der Waals surface area contributed by atoms with Gasteiger partial charge < -0.3 is 4.42 Å². The lowest BCUT2D eigenvalue weighted by Crippen LogP contribution is -2.17. The zero-order chi connectivity index (χ0) is 26.6. The van der Waals surface area contributed by atoms with Crippen molar-refractivity contribution >= 4 is 39.1 Å². The van der Waals surface area contributed by atoms with Gasteiger partial charge in [0.2, 0.25) is 0 Å². The van der Waals surface area contributed by atoms with E-state index in [2.05, 4.69) is 60.7 Å². The van der Waals surface area contributed by atoms with E-state index in [0.717, 1.165) is 38.6 Å². The highest BCUT2D eigenvalue weighted by Gasteiger charge is 2.30. The van der Waals surface area contributed by atoms with Gasteiger partial charge in [-0.25, -0.2) is 15.0 Å². The van der Waals surface area contributed by atoms with E-state index in [1.807, 2.05) is 60.7 Å². The predicted octanol–water partition coefficient (Wildman–Crippen LogP) is 9.03. The van der Waals surface area contributed by atoms with E-state index in [-0.39, 0.29) is 5.92 Å². The Morgan fingerprint density at radius 2 is 1.40 bits per heavy atom. The van der Waals surface area contributed by atoms with Crippen molar-refractivity contribution in [2.24, 2.45) is 5.92 Å². The zero-order valence-electron chi connectivity index (χ0n) is 21.3. The average molecular weight is 536 g/mol. The van der Waals surface area contributed by atoms with E-state index < -0.39 is 0 Å². The van der Waals surface area contributed by atoms with Crippen molar-refractivity contribution in [1.82, 2.24) is 15.0 Å². The van der Waals surface area contributed by atoms with Crippen LogP contribution in [0.3, 0.4) is 0 Å². The number of furan rings is 1. The van der Waals surface area contributed by atoms with Gasteiger partial charge in [0.1, 0.15) is 11.2 Å². The fourth-order valence-corrected chi connectivity index (χ4v) is 6.14. The number of hydrogen-bond donors (Lipinski definition) is 0. The van der Waals surface area contributed by atoms with Crippen molar-refractivity contribution in [2.45, 2.75) is 5.92 Å². The van der Waals surface area contributed by atoms with Gasteiger partial charge in [0.25, 0.3) is 0 Å².